The molecule has 0 unspecified atom stereocenters. The number of anilines is 2. The van der Waals surface area contributed by atoms with Gasteiger partial charge < -0.3 is 10.6 Å². The average Bonchev–Trinajstić information content (AvgIpc) is 3.25. The molecule has 1 aliphatic carbocycles. The predicted octanol–water partition coefficient (Wildman–Crippen LogP) is 3.56. The SMILES string of the molecule is Nc1nsc(N2CCCc3ccccc3C2)c1C1CC1. The zero-order valence-corrected chi connectivity index (χ0v) is 12.3. The van der Waals surface area contributed by atoms with Crippen LogP contribution in [-0.4, -0.2) is 10.9 Å². The zero-order valence-electron chi connectivity index (χ0n) is 11.5. The van der Waals surface area contributed by atoms with E-state index < -0.39 is 0 Å². The summed E-state index contributed by atoms with van der Waals surface area (Å²) in [5, 5.41) is 1.32. The van der Waals surface area contributed by atoms with Gasteiger partial charge in [0.05, 0.1) is 0 Å². The Balaban J connectivity index is 1.69. The van der Waals surface area contributed by atoms with Crippen LogP contribution in [0.4, 0.5) is 10.8 Å². The van der Waals surface area contributed by atoms with E-state index in [2.05, 4.69) is 33.5 Å². The largest absolute Gasteiger partial charge is 0.383 e. The lowest BCUT2D eigenvalue weighted by Gasteiger charge is -2.22. The second kappa shape index (κ2) is 4.77. The molecule has 2 N–H and O–H groups in total. The van der Waals surface area contributed by atoms with Gasteiger partial charge in [-0.3, -0.25) is 0 Å². The molecule has 1 aliphatic heterocycles. The average molecular weight is 285 g/mol. The summed E-state index contributed by atoms with van der Waals surface area (Å²) in [5.41, 5.74) is 10.4. The van der Waals surface area contributed by atoms with Crippen LogP contribution in [0.3, 0.4) is 0 Å². The van der Waals surface area contributed by atoms with Crippen molar-refractivity contribution in [3.63, 3.8) is 0 Å². The molecule has 2 aromatic rings. The summed E-state index contributed by atoms with van der Waals surface area (Å²) in [6, 6.07) is 8.82. The van der Waals surface area contributed by atoms with Gasteiger partial charge in [0.15, 0.2) is 0 Å². The smallest absolute Gasteiger partial charge is 0.142 e. The summed E-state index contributed by atoms with van der Waals surface area (Å²) >= 11 is 1.59. The number of nitrogens with two attached hydrogens (primary N) is 1. The van der Waals surface area contributed by atoms with Crippen molar-refractivity contribution >= 4 is 22.4 Å². The van der Waals surface area contributed by atoms with E-state index in [0.717, 1.165) is 18.9 Å². The lowest BCUT2D eigenvalue weighted by molar-refractivity contribution is 0.768. The molecule has 0 amide bonds. The van der Waals surface area contributed by atoms with E-state index in [1.165, 1.54) is 47.4 Å². The van der Waals surface area contributed by atoms with Crippen molar-refractivity contribution in [2.24, 2.45) is 0 Å². The molecule has 0 spiro atoms. The lowest BCUT2D eigenvalue weighted by Crippen LogP contribution is -2.22. The van der Waals surface area contributed by atoms with Gasteiger partial charge in [0.2, 0.25) is 0 Å². The van der Waals surface area contributed by atoms with Crippen LogP contribution >= 0.6 is 11.5 Å². The van der Waals surface area contributed by atoms with Crippen LogP contribution in [0.25, 0.3) is 0 Å². The molecular formula is C16H19N3S. The molecule has 0 atom stereocenters. The van der Waals surface area contributed by atoms with Crippen molar-refractivity contribution in [1.82, 2.24) is 4.37 Å². The molecule has 1 fully saturated rings. The minimum atomic E-state index is 0.669. The van der Waals surface area contributed by atoms with Crippen LogP contribution in [0.15, 0.2) is 24.3 Å². The third-order valence-electron chi connectivity index (χ3n) is 4.36. The predicted molar refractivity (Wildman–Crippen MR) is 84.3 cm³/mol. The van der Waals surface area contributed by atoms with Gasteiger partial charge in [0.25, 0.3) is 0 Å². The maximum absolute atomic E-state index is 6.10. The molecular weight excluding hydrogens is 266 g/mol. The number of nitrogens with zero attached hydrogens (tertiary/aromatic N) is 2. The molecule has 1 aromatic heterocycles. The monoisotopic (exact) mass is 285 g/mol. The van der Waals surface area contributed by atoms with Crippen molar-refractivity contribution < 1.29 is 0 Å². The first-order valence-electron chi connectivity index (χ1n) is 7.39. The number of nitrogen functional groups attached to an aromatic ring is 1. The van der Waals surface area contributed by atoms with Crippen molar-refractivity contribution in [2.75, 3.05) is 17.2 Å². The molecule has 20 heavy (non-hydrogen) atoms. The summed E-state index contributed by atoms with van der Waals surface area (Å²) in [6.45, 7) is 2.10. The minimum absolute atomic E-state index is 0.669. The fourth-order valence-electron chi connectivity index (χ4n) is 3.16. The van der Waals surface area contributed by atoms with Gasteiger partial charge in [-0.2, -0.15) is 4.37 Å². The molecule has 0 saturated heterocycles. The molecule has 104 valence electrons. The molecule has 1 saturated carbocycles. The van der Waals surface area contributed by atoms with Gasteiger partial charge in [0.1, 0.15) is 10.8 Å². The molecule has 2 heterocycles. The van der Waals surface area contributed by atoms with E-state index in [1.54, 1.807) is 11.5 Å². The fourth-order valence-corrected chi connectivity index (χ4v) is 4.08. The number of hydrogen-bond donors (Lipinski definition) is 1. The van der Waals surface area contributed by atoms with Gasteiger partial charge in [-0.1, -0.05) is 24.3 Å². The number of aryl methyl sites for hydroxylation is 1. The highest BCUT2D eigenvalue weighted by atomic mass is 32.1. The van der Waals surface area contributed by atoms with E-state index in [-0.39, 0.29) is 0 Å². The highest BCUT2D eigenvalue weighted by molar-refractivity contribution is 7.10. The maximum atomic E-state index is 6.10. The van der Waals surface area contributed by atoms with Crippen LogP contribution in [0.2, 0.25) is 0 Å². The number of benzene rings is 1. The Morgan fingerprint density at radius 1 is 1.20 bits per heavy atom. The Bertz CT molecular complexity index is 630. The van der Waals surface area contributed by atoms with Gasteiger partial charge in [-0.25, -0.2) is 0 Å². The van der Waals surface area contributed by atoms with Crippen LogP contribution < -0.4 is 10.6 Å². The normalized spacial score (nSPS) is 18.7. The molecule has 4 rings (SSSR count). The van der Waals surface area contributed by atoms with E-state index in [1.807, 2.05) is 0 Å². The van der Waals surface area contributed by atoms with Crippen molar-refractivity contribution in [1.29, 1.82) is 0 Å². The Hall–Kier alpha value is -1.55. The minimum Gasteiger partial charge on any atom is -0.383 e. The van der Waals surface area contributed by atoms with E-state index in [4.69, 9.17) is 5.73 Å². The fraction of sp³-hybridized carbons (Fsp3) is 0.438. The molecule has 2 aliphatic rings. The third-order valence-corrected chi connectivity index (χ3v) is 5.30. The summed E-state index contributed by atoms with van der Waals surface area (Å²) in [6.07, 6.45) is 4.94. The van der Waals surface area contributed by atoms with Crippen molar-refractivity contribution in [2.45, 2.75) is 38.1 Å². The van der Waals surface area contributed by atoms with Crippen molar-refractivity contribution in [3.05, 3.63) is 41.0 Å². The summed E-state index contributed by atoms with van der Waals surface area (Å²) in [4.78, 5) is 2.49. The number of rotatable bonds is 2. The van der Waals surface area contributed by atoms with Gasteiger partial charge in [0, 0.05) is 18.7 Å². The van der Waals surface area contributed by atoms with E-state index >= 15 is 0 Å². The highest BCUT2D eigenvalue weighted by Crippen LogP contribution is 2.49. The molecule has 0 bridgehead atoms. The second-order valence-electron chi connectivity index (χ2n) is 5.85. The standard InChI is InChI=1S/C16H19N3S/c17-15-14(12-7-8-12)16(20-18-15)19-9-3-6-11-4-1-2-5-13(11)10-19/h1-2,4-5,12H,3,6-10H2,(H2,17,18). The van der Waals surface area contributed by atoms with Gasteiger partial charge in [-0.15, -0.1) is 0 Å². The summed E-state index contributed by atoms with van der Waals surface area (Å²) < 4.78 is 4.42. The Morgan fingerprint density at radius 2 is 2.00 bits per heavy atom. The first-order chi connectivity index (χ1) is 9.83. The Kier molecular flexibility index (Phi) is 2.91. The second-order valence-corrected chi connectivity index (χ2v) is 6.61. The molecule has 4 heteroatoms. The van der Waals surface area contributed by atoms with Crippen LogP contribution in [0, 0.1) is 0 Å². The van der Waals surface area contributed by atoms with Crippen LogP contribution in [0.1, 0.15) is 41.9 Å². The van der Waals surface area contributed by atoms with Gasteiger partial charge >= 0.3 is 0 Å². The first-order valence-corrected chi connectivity index (χ1v) is 8.17. The first kappa shape index (κ1) is 12.2. The van der Waals surface area contributed by atoms with E-state index in [9.17, 15) is 0 Å². The van der Waals surface area contributed by atoms with Crippen molar-refractivity contribution in [3.8, 4) is 0 Å². The number of fused-ring (bicyclic) bond motifs is 1. The highest BCUT2D eigenvalue weighted by Gasteiger charge is 2.32. The zero-order chi connectivity index (χ0) is 13.5. The Labute approximate surface area is 123 Å². The third kappa shape index (κ3) is 2.08. The lowest BCUT2D eigenvalue weighted by atomic mass is 10.0. The summed E-state index contributed by atoms with van der Waals surface area (Å²) in [7, 11) is 0. The molecule has 3 nitrogen and oxygen atoms in total. The number of hydrogen-bond acceptors (Lipinski definition) is 4. The maximum Gasteiger partial charge on any atom is 0.142 e. The van der Waals surface area contributed by atoms with E-state index in [0.29, 0.717) is 5.92 Å². The topological polar surface area (TPSA) is 42.1 Å². The molecule has 0 radical (unpaired) electrons. The van der Waals surface area contributed by atoms with Crippen LogP contribution in [0.5, 0.6) is 0 Å². The van der Waals surface area contributed by atoms with Crippen LogP contribution in [-0.2, 0) is 13.0 Å². The Morgan fingerprint density at radius 3 is 2.80 bits per heavy atom. The van der Waals surface area contributed by atoms with Gasteiger partial charge in [-0.05, 0) is 54.3 Å². The molecule has 1 aromatic carbocycles. The quantitative estimate of drug-likeness (QED) is 0.917. The number of aromatic nitrogens is 1. The summed E-state index contributed by atoms with van der Waals surface area (Å²) in [5.74, 6) is 1.44.